The Morgan fingerprint density at radius 2 is 1.53 bits per heavy atom. The second-order valence-corrected chi connectivity index (χ2v) is 9.29. The summed E-state index contributed by atoms with van der Waals surface area (Å²) in [6.07, 6.45) is 8.89. The Bertz CT molecular complexity index is 884. The topological polar surface area (TPSA) is 125 Å². The van der Waals surface area contributed by atoms with Gasteiger partial charge in [-0.2, -0.15) is 8.42 Å². The minimum Gasteiger partial charge on any atom is -0.458 e. The van der Waals surface area contributed by atoms with Crippen LogP contribution in [0.5, 0.6) is 0 Å². The smallest absolute Gasteiger partial charge is 0.358 e. The maximum Gasteiger partial charge on any atom is 0.358 e. The van der Waals surface area contributed by atoms with E-state index in [1.54, 1.807) is 0 Å². The molecule has 9 nitrogen and oxygen atoms in total. The number of esters is 1. The molecule has 0 spiro atoms. The van der Waals surface area contributed by atoms with Gasteiger partial charge in [0.25, 0.3) is 5.69 Å². The molecule has 0 saturated heterocycles. The fourth-order valence-electron chi connectivity index (χ4n) is 3.92. The molecule has 0 aliphatic heterocycles. The van der Waals surface area contributed by atoms with Crippen LogP contribution in [0.3, 0.4) is 0 Å². The number of hydrogen-bond acceptors (Lipinski definition) is 8. The number of rotatable bonds is 7. The van der Waals surface area contributed by atoms with Crippen molar-refractivity contribution in [1.29, 1.82) is 0 Å². The molecule has 0 unspecified atom stereocenters. The Hall–Kier alpha value is -2.49. The Labute approximate surface area is 175 Å². The van der Waals surface area contributed by atoms with Gasteiger partial charge in [-0.05, 0) is 50.7 Å². The van der Waals surface area contributed by atoms with Crippen molar-refractivity contribution in [3.8, 4) is 0 Å². The lowest BCUT2D eigenvalue weighted by Gasteiger charge is -2.25. The first-order valence-corrected chi connectivity index (χ1v) is 11.7. The average Bonchev–Trinajstić information content (AvgIpc) is 2.75. The van der Waals surface area contributed by atoms with E-state index in [-0.39, 0.29) is 28.3 Å². The summed E-state index contributed by atoms with van der Waals surface area (Å²) in [6, 6.07) is 4.28. The van der Waals surface area contributed by atoms with Crippen LogP contribution in [-0.4, -0.2) is 31.1 Å². The Balaban J connectivity index is 1.77. The fraction of sp³-hybridized carbons (Fsp3) is 0.600. The quantitative estimate of drug-likeness (QED) is 0.271. The lowest BCUT2D eigenvalue weighted by atomic mass is 9.86. The molecule has 2 saturated carbocycles. The SMILES string of the molecule is O=C(OC1CCCCC1)/C(=N\OS(=O)(=O)c1ccc([N+](=O)[O-])cc1)C1CCCCC1. The van der Waals surface area contributed by atoms with E-state index in [4.69, 9.17) is 9.02 Å². The Kier molecular flexibility index (Phi) is 7.41. The van der Waals surface area contributed by atoms with E-state index in [9.17, 15) is 23.3 Å². The van der Waals surface area contributed by atoms with Crippen LogP contribution in [0, 0.1) is 16.0 Å². The summed E-state index contributed by atoms with van der Waals surface area (Å²) in [5.41, 5.74) is -0.234. The Morgan fingerprint density at radius 3 is 2.10 bits per heavy atom. The molecule has 164 valence electrons. The number of nitro groups is 1. The molecule has 1 aromatic carbocycles. The van der Waals surface area contributed by atoms with E-state index in [0.29, 0.717) is 0 Å². The number of benzene rings is 1. The monoisotopic (exact) mass is 438 g/mol. The summed E-state index contributed by atoms with van der Waals surface area (Å²) in [4.78, 5) is 22.6. The summed E-state index contributed by atoms with van der Waals surface area (Å²) in [7, 11) is -4.32. The normalized spacial score (nSPS) is 19.3. The number of carbonyl (C=O) groups excluding carboxylic acids is 1. The molecular formula is C20H26N2O7S. The van der Waals surface area contributed by atoms with Crippen molar-refractivity contribution < 1.29 is 27.2 Å². The van der Waals surface area contributed by atoms with Gasteiger partial charge in [-0.3, -0.25) is 14.4 Å². The van der Waals surface area contributed by atoms with Gasteiger partial charge >= 0.3 is 16.1 Å². The molecule has 0 bridgehead atoms. The summed E-state index contributed by atoms with van der Waals surface area (Å²) >= 11 is 0. The van der Waals surface area contributed by atoms with Gasteiger partial charge in [-0.15, -0.1) is 0 Å². The van der Waals surface area contributed by atoms with E-state index in [1.165, 1.54) is 0 Å². The van der Waals surface area contributed by atoms with Gasteiger partial charge < -0.3 is 4.74 Å². The van der Waals surface area contributed by atoms with Gasteiger partial charge in [0, 0.05) is 18.1 Å². The van der Waals surface area contributed by atoms with Gasteiger partial charge in [0.05, 0.1) is 4.92 Å². The Morgan fingerprint density at radius 1 is 0.967 bits per heavy atom. The molecule has 0 N–H and O–H groups in total. The van der Waals surface area contributed by atoms with Crippen LogP contribution in [0.1, 0.15) is 64.2 Å². The molecule has 0 amide bonds. The number of nitrogens with zero attached hydrogens (tertiary/aromatic N) is 2. The predicted molar refractivity (Wildman–Crippen MR) is 108 cm³/mol. The highest BCUT2D eigenvalue weighted by Crippen LogP contribution is 2.28. The van der Waals surface area contributed by atoms with Gasteiger partial charge in [-0.1, -0.05) is 30.8 Å². The number of carbonyl (C=O) groups is 1. The van der Waals surface area contributed by atoms with Crippen LogP contribution in [0.25, 0.3) is 0 Å². The van der Waals surface area contributed by atoms with Crippen molar-refractivity contribution in [3.05, 3.63) is 34.4 Å². The van der Waals surface area contributed by atoms with E-state index >= 15 is 0 Å². The zero-order chi connectivity index (χ0) is 21.6. The molecule has 30 heavy (non-hydrogen) atoms. The summed E-state index contributed by atoms with van der Waals surface area (Å²) < 4.78 is 35.4. The first kappa shape index (κ1) is 22.2. The van der Waals surface area contributed by atoms with Gasteiger partial charge in [0.2, 0.25) is 0 Å². The largest absolute Gasteiger partial charge is 0.458 e. The lowest BCUT2D eigenvalue weighted by Crippen LogP contribution is -2.32. The molecular weight excluding hydrogens is 412 g/mol. The summed E-state index contributed by atoms with van der Waals surface area (Å²) in [5.74, 6) is -0.824. The van der Waals surface area contributed by atoms with Crippen molar-refractivity contribution in [1.82, 2.24) is 0 Å². The second-order valence-electron chi connectivity index (χ2n) is 7.76. The van der Waals surface area contributed by atoms with E-state index in [1.807, 2.05) is 0 Å². The van der Waals surface area contributed by atoms with Crippen molar-refractivity contribution in [2.45, 2.75) is 75.2 Å². The summed E-state index contributed by atoms with van der Waals surface area (Å²) in [5, 5.41) is 14.5. The average molecular weight is 439 g/mol. The van der Waals surface area contributed by atoms with E-state index < -0.39 is 21.0 Å². The number of ether oxygens (including phenoxy) is 1. The minimum atomic E-state index is -4.32. The third kappa shape index (κ3) is 5.78. The highest BCUT2D eigenvalue weighted by Gasteiger charge is 2.30. The van der Waals surface area contributed by atoms with E-state index in [0.717, 1.165) is 88.5 Å². The van der Waals surface area contributed by atoms with Crippen LogP contribution < -0.4 is 0 Å². The number of oxime groups is 1. The molecule has 2 aliphatic rings. The van der Waals surface area contributed by atoms with Gasteiger partial charge in [0.15, 0.2) is 5.71 Å². The zero-order valence-electron chi connectivity index (χ0n) is 16.7. The predicted octanol–water partition coefficient (Wildman–Crippen LogP) is 4.11. The van der Waals surface area contributed by atoms with Crippen LogP contribution in [0.15, 0.2) is 34.3 Å². The molecule has 10 heteroatoms. The van der Waals surface area contributed by atoms with Crippen LogP contribution in [0.4, 0.5) is 5.69 Å². The van der Waals surface area contributed by atoms with Crippen LogP contribution in [0.2, 0.25) is 0 Å². The molecule has 3 rings (SSSR count). The molecule has 2 fully saturated rings. The van der Waals surface area contributed by atoms with Gasteiger partial charge in [-0.25, -0.2) is 4.79 Å². The standard InChI is InChI=1S/C20H26N2O7S/c23-20(28-17-9-5-2-6-10-17)19(15-7-3-1-4-8-15)21-29-30(26,27)18-13-11-16(12-14-18)22(24)25/h11-15,17H,1-10H2/b21-19-. The van der Waals surface area contributed by atoms with Crippen molar-refractivity contribution >= 4 is 27.5 Å². The molecule has 0 heterocycles. The number of nitro benzene ring substituents is 1. The molecule has 0 radical (unpaired) electrons. The van der Waals surface area contributed by atoms with Crippen LogP contribution in [-0.2, 0) is 23.9 Å². The highest BCUT2D eigenvalue weighted by atomic mass is 32.2. The third-order valence-electron chi connectivity index (χ3n) is 5.60. The molecule has 2 aliphatic carbocycles. The van der Waals surface area contributed by atoms with Crippen molar-refractivity contribution in [3.63, 3.8) is 0 Å². The van der Waals surface area contributed by atoms with Crippen LogP contribution >= 0.6 is 0 Å². The maximum atomic E-state index is 12.8. The third-order valence-corrected chi connectivity index (χ3v) is 6.72. The first-order valence-electron chi connectivity index (χ1n) is 10.3. The van der Waals surface area contributed by atoms with E-state index in [2.05, 4.69) is 5.16 Å². The maximum absolute atomic E-state index is 12.8. The van der Waals surface area contributed by atoms with Crippen molar-refractivity contribution in [2.24, 2.45) is 11.1 Å². The summed E-state index contributed by atoms with van der Waals surface area (Å²) in [6.45, 7) is 0. The number of hydrogen-bond donors (Lipinski definition) is 0. The molecule has 0 atom stereocenters. The lowest BCUT2D eigenvalue weighted by molar-refractivity contribution is -0.384. The minimum absolute atomic E-state index is 0.00533. The molecule has 1 aromatic rings. The number of non-ortho nitro benzene ring substituents is 1. The molecule has 0 aromatic heterocycles. The van der Waals surface area contributed by atoms with Crippen molar-refractivity contribution in [2.75, 3.05) is 0 Å². The first-order chi connectivity index (χ1) is 14.4. The second kappa shape index (κ2) is 10.0. The van der Waals surface area contributed by atoms with Gasteiger partial charge in [0.1, 0.15) is 11.0 Å². The zero-order valence-corrected chi connectivity index (χ0v) is 17.5. The highest BCUT2D eigenvalue weighted by molar-refractivity contribution is 7.86. The fourth-order valence-corrected chi connectivity index (χ4v) is 4.65.